The van der Waals surface area contributed by atoms with Crippen molar-refractivity contribution < 1.29 is 0 Å². The van der Waals surface area contributed by atoms with Gasteiger partial charge in [-0.05, 0) is 62.8 Å². The molecule has 0 radical (unpaired) electrons. The van der Waals surface area contributed by atoms with E-state index in [1.165, 1.54) is 3.57 Å². The molecule has 0 atom stereocenters. The van der Waals surface area contributed by atoms with Gasteiger partial charge in [-0.25, -0.2) is 4.98 Å². The van der Waals surface area contributed by atoms with Gasteiger partial charge in [-0.2, -0.15) is 0 Å². The van der Waals surface area contributed by atoms with Crippen LogP contribution < -0.4 is 0 Å². The SMILES string of the molecule is Clc1ccc2c(I)ccc(Br)c2n1. The molecule has 1 aromatic heterocycles. The second-order valence-corrected chi connectivity index (χ2v) is 4.96. The zero-order valence-electron chi connectivity index (χ0n) is 6.39. The van der Waals surface area contributed by atoms with E-state index in [1.807, 2.05) is 18.2 Å². The third-order valence-electron chi connectivity index (χ3n) is 1.72. The summed E-state index contributed by atoms with van der Waals surface area (Å²) in [6.45, 7) is 0. The third kappa shape index (κ3) is 1.82. The summed E-state index contributed by atoms with van der Waals surface area (Å²) in [6.07, 6.45) is 0. The Labute approximate surface area is 103 Å². The molecule has 2 rings (SSSR count). The number of halogens is 3. The Kier molecular flexibility index (Phi) is 2.76. The van der Waals surface area contributed by atoms with Crippen molar-refractivity contribution in [2.45, 2.75) is 0 Å². The van der Waals surface area contributed by atoms with Crippen molar-refractivity contribution in [2.75, 3.05) is 0 Å². The molecule has 0 N–H and O–H groups in total. The number of nitrogens with zero attached hydrogens (tertiary/aromatic N) is 1. The van der Waals surface area contributed by atoms with E-state index >= 15 is 0 Å². The minimum atomic E-state index is 0.523. The Bertz CT molecular complexity index is 472. The van der Waals surface area contributed by atoms with Crippen molar-refractivity contribution in [3.63, 3.8) is 0 Å². The first kappa shape index (κ1) is 9.68. The molecular weight excluding hydrogens is 364 g/mol. The van der Waals surface area contributed by atoms with Gasteiger partial charge < -0.3 is 0 Å². The van der Waals surface area contributed by atoms with Crippen LogP contribution >= 0.6 is 50.1 Å². The van der Waals surface area contributed by atoms with Gasteiger partial charge in [0.25, 0.3) is 0 Å². The van der Waals surface area contributed by atoms with Crippen molar-refractivity contribution >= 4 is 61.0 Å². The molecule has 0 aliphatic carbocycles. The van der Waals surface area contributed by atoms with E-state index in [-0.39, 0.29) is 0 Å². The fourth-order valence-corrected chi connectivity index (χ4v) is 2.32. The summed E-state index contributed by atoms with van der Waals surface area (Å²) in [7, 11) is 0. The summed E-state index contributed by atoms with van der Waals surface area (Å²) in [6, 6.07) is 7.81. The van der Waals surface area contributed by atoms with Crippen LogP contribution in [-0.2, 0) is 0 Å². The monoisotopic (exact) mass is 367 g/mol. The summed E-state index contributed by atoms with van der Waals surface area (Å²) >= 11 is 11.5. The van der Waals surface area contributed by atoms with Gasteiger partial charge >= 0.3 is 0 Å². The molecule has 0 saturated carbocycles. The molecule has 66 valence electrons. The highest BCUT2D eigenvalue weighted by atomic mass is 127. The van der Waals surface area contributed by atoms with E-state index in [0.717, 1.165) is 15.4 Å². The van der Waals surface area contributed by atoms with Crippen LogP contribution in [0.5, 0.6) is 0 Å². The molecular formula is C9H4BrClIN. The van der Waals surface area contributed by atoms with Crippen LogP contribution in [0.1, 0.15) is 0 Å². The predicted octanol–water partition coefficient (Wildman–Crippen LogP) is 4.26. The Hall–Kier alpha value is 0.130. The van der Waals surface area contributed by atoms with Crippen LogP contribution in [0, 0.1) is 3.57 Å². The number of benzene rings is 1. The molecule has 0 fully saturated rings. The average Bonchev–Trinajstić information content (AvgIpc) is 2.12. The molecule has 0 unspecified atom stereocenters. The number of fused-ring (bicyclic) bond motifs is 1. The van der Waals surface area contributed by atoms with Gasteiger partial charge in [-0.15, -0.1) is 0 Å². The third-order valence-corrected chi connectivity index (χ3v) is 3.51. The second kappa shape index (κ2) is 3.71. The van der Waals surface area contributed by atoms with Gasteiger partial charge in [-0.1, -0.05) is 11.6 Å². The van der Waals surface area contributed by atoms with Crippen LogP contribution in [0.4, 0.5) is 0 Å². The molecule has 0 aliphatic heterocycles. The lowest BCUT2D eigenvalue weighted by atomic mass is 10.2. The summed E-state index contributed by atoms with van der Waals surface area (Å²) in [5.74, 6) is 0. The molecule has 0 spiro atoms. The zero-order valence-corrected chi connectivity index (χ0v) is 10.9. The maximum atomic E-state index is 5.81. The molecule has 0 bridgehead atoms. The molecule has 0 aliphatic rings. The van der Waals surface area contributed by atoms with Crippen molar-refractivity contribution in [2.24, 2.45) is 0 Å². The number of hydrogen-bond donors (Lipinski definition) is 0. The van der Waals surface area contributed by atoms with E-state index in [9.17, 15) is 0 Å². The second-order valence-electron chi connectivity index (χ2n) is 2.56. The summed E-state index contributed by atoms with van der Waals surface area (Å²) < 4.78 is 2.16. The molecule has 1 aromatic carbocycles. The van der Waals surface area contributed by atoms with E-state index in [1.54, 1.807) is 6.07 Å². The summed E-state index contributed by atoms with van der Waals surface area (Å²) in [4.78, 5) is 4.25. The smallest absolute Gasteiger partial charge is 0.129 e. The number of hydrogen-bond acceptors (Lipinski definition) is 1. The van der Waals surface area contributed by atoms with Crippen LogP contribution in [0.25, 0.3) is 10.9 Å². The van der Waals surface area contributed by atoms with Gasteiger partial charge in [0.15, 0.2) is 0 Å². The fourth-order valence-electron chi connectivity index (χ4n) is 1.13. The van der Waals surface area contributed by atoms with Gasteiger partial charge in [0.1, 0.15) is 5.15 Å². The van der Waals surface area contributed by atoms with Crippen LogP contribution in [0.2, 0.25) is 5.15 Å². The lowest BCUT2D eigenvalue weighted by Gasteiger charge is -2.02. The largest absolute Gasteiger partial charge is 0.235 e. The van der Waals surface area contributed by atoms with E-state index < -0.39 is 0 Å². The van der Waals surface area contributed by atoms with Crippen molar-refractivity contribution in [1.82, 2.24) is 4.98 Å². The first-order valence-corrected chi connectivity index (χ1v) is 5.84. The highest BCUT2D eigenvalue weighted by Gasteiger charge is 2.03. The summed E-state index contributed by atoms with van der Waals surface area (Å²) in [5, 5.41) is 1.65. The van der Waals surface area contributed by atoms with Crippen molar-refractivity contribution in [3.8, 4) is 0 Å². The molecule has 4 heteroatoms. The highest BCUT2D eigenvalue weighted by molar-refractivity contribution is 14.1. The van der Waals surface area contributed by atoms with Crippen LogP contribution in [0.15, 0.2) is 28.7 Å². The Morgan fingerprint density at radius 3 is 2.77 bits per heavy atom. The summed E-state index contributed by atoms with van der Waals surface area (Å²) in [5.41, 5.74) is 0.916. The Balaban J connectivity index is 2.92. The zero-order chi connectivity index (χ0) is 9.42. The van der Waals surface area contributed by atoms with E-state index in [2.05, 4.69) is 43.5 Å². The van der Waals surface area contributed by atoms with Gasteiger partial charge in [-0.3, -0.25) is 0 Å². The molecule has 2 aromatic rings. The first-order chi connectivity index (χ1) is 6.18. The van der Waals surface area contributed by atoms with Gasteiger partial charge in [0.2, 0.25) is 0 Å². The molecule has 13 heavy (non-hydrogen) atoms. The normalized spacial score (nSPS) is 10.7. The van der Waals surface area contributed by atoms with Crippen molar-refractivity contribution in [1.29, 1.82) is 0 Å². The van der Waals surface area contributed by atoms with Gasteiger partial charge in [0, 0.05) is 13.4 Å². The van der Waals surface area contributed by atoms with Crippen molar-refractivity contribution in [3.05, 3.63) is 37.5 Å². The average molecular weight is 368 g/mol. The maximum absolute atomic E-state index is 5.81. The first-order valence-electron chi connectivity index (χ1n) is 3.59. The quantitative estimate of drug-likeness (QED) is 0.500. The Morgan fingerprint density at radius 1 is 1.23 bits per heavy atom. The topological polar surface area (TPSA) is 12.9 Å². The number of aromatic nitrogens is 1. The minimum absolute atomic E-state index is 0.523. The maximum Gasteiger partial charge on any atom is 0.129 e. The standard InChI is InChI=1S/C9H4BrClIN/c10-6-2-3-7(12)5-1-4-8(11)13-9(5)6/h1-4H. The fraction of sp³-hybridized carbons (Fsp3) is 0. The lowest BCUT2D eigenvalue weighted by Crippen LogP contribution is -1.83. The number of rotatable bonds is 0. The van der Waals surface area contributed by atoms with E-state index in [4.69, 9.17) is 11.6 Å². The van der Waals surface area contributed by atoms with E-state index in [0.29, 0.717) is 5.15 Å². The van der Waals surface area contributed by atoms with Crippen LogP contribution in [-0.4, -0.2) is 4.98 Å². The lowest BCUT2D eigenvalue weighted by molar-refractivity contribution is 1.39. The molecule has 0 amide bonds. The molecule has 0 saturated heterocycles. The number of pyridine rings is 1. The van der Waals surface area contributed by atoms with Gasteiger partial charge in [0.05, 0.1) is 5.52 Å². The Morgan fingerprint density at radius 2 is 2.00 bits per heavy atom. The molecule has 1 heterocycles. The minimum Gasteiger partial charge on any atom is -0.235 e. The molecule has 1 nitrogen and oxygen atoms in total. The van der Waals surface area contributed by atoms with Crippen LogP contribution in [0.3, 0.4) is 0 Å². The predicted molar refractivity (Wildman–Crippen MR) is 67.2 cm³/mol. The highest BCUT2D eigenvalue weighted by Crippen LogP contribution is 2.27.